The van der Waals surface area contributed by atoms with Crippen molar-refractivity contribution in [1.29, 1.82) is 0 Å². The third kappa shape index (κ3) is 2.84. The summed E-state index contributed by atoms with van der Waals surface area (Å²) in [5, 5.41) is 7.08. The van der Waals surface area contributed by atoms with E-state index in [1.165, 1.54) is 0 Å². The first-order chi connectivity index (χ1) is 10.3. The molecule has 6 heteroatoms. The molecule has 0 spiro atoms. The minimum Gasteiger partial charge on any atom is -0.438 e. The van der Waals surface area contributed by atoms with Crippen molar-refractivity contribution >= 4 is 17.4 Å². The lowest BCUT2D eigenvalue weighted by molar-refractivity contribution is -0.115. The van der Waals surface area contributed by atoms with Crippen LogP contribution in [0.5, 0.6) is 11.6 Å². The van der Waals surface area contributed by atoms with Gasteiger partial charge in [0.2, 0.25) is 11.8 Å². The molecule has 0 aliphatic carbocycles. The van der Waals surface area contributed by atoms with Gasteiger partial charge in [0.1, 0.15) is 5.75 Å². The van der Waals surface area contributed by atoms with E-state index in [-0.39, 0.29) is 5.91 Å². The summed E-state index contributed by atoms with van der Waals surface area (Å²) in [5.74, 6) is 1.56. The number of nitrogens with zero attached hydrogens (tertiary/aromatic N) is 3. The first kappa shape index (κ1) is 13.1. The van der Waals surface area contributed by atoms with Crippen molar-refractivity contribution < 1.29 is 9.53 Å². The van der Waals surface area contributed by atoms with Gasteiger partial charge in [-0.25, -0.2) is 4.98 Å². The summed E-state index contributed by atoms with van der Waals surface area (Å²) in [6, 6.07) is 12.9. The lowest BCUT2D eigenvalue weighted by atomic mass is 10.3. The molecule has 0 aliphatic heterocycles. The van der Waals surface area contributed by atoms with E-state index in [1.807, 2.05) is 30.3 Å². The molecule has 1 N–H and O–H groups in total. The lowest BCUT2D eigenvalue weighted by Crippen LogP contribution is -2.12. The number of ether oxygens (including phenoxy) is 1. The predicted molar refractivity (Wildman–Crippen MR) is 78.4 cm³/mol. The van der Waals surface area contributed by atoms with E-state index in [0.717, 1.165) is 0 Å². The number of hydrogen-bond donors (Lipinski definition) is 1. The van der Waals surface area contributed by atoms with Gasteiger partial charge < -0.3 is 10.1 Å². The fraction of sp³-hybridized carbons (Fsp3) is 0.133. The Morgan fingerprint density at radius 2 is 2.05 bits per heavy atom. The third-order valence-corrected chi connectivity index (χ3v) is 2.89. The minimum absolute atomic E-state index is 0.0898. The Morgan fingerprint density at radius 1 is 1.24 bits per heavy atom. The summed E-state index contributed by atoms with van der Waals surface area (Å²) in [5.41, 5.74) is 0.641. The summed E-state index contributed by atoms with van der Waals surface area (Å²) in [7, 11) is 0. The van der Waals surface area contributed by atoms with Crippen LogP contribution in [0.15, 0.2) is 48.7 Å². The highest BCUT2D eigenvalue weighted by Gasteiger charge is 2.08. The number of nitrogens with one attached hydrogen (secondary N) is 1. The maximum absolute atomic E-state index is 11.5. The van der Waals surface area contributed by atoms with Crippen LogP contribution in [0.2, 0.25) is 0 Å². The highest BCUT2D eigenvalue weighted by molar-refractivity contribution is 5.89. The molecule has 3 rings (SSSR count). The van der Waals surface area contributed by atoms with Gasteiger partial charge >= 0.3 is 0 Å². The van der Waals surface area contributed by atoms with E-state index >= 15 is 0 Å². The van der Waals surface area contributed by atoms with Crippen molar-refractivity contribution in [3.05, 3.63) is 48.7 Å². The van der Waals surface area contributed by atoms with Crippen molar-refractivity contribution in [3.63, 3.8) is 0 Å². The quantitative estimate of drug-likeness (QED) is 0.799. The number of amides is 1. The number of rotatable bonds is 4. The van der Waals surface area contributed by atoms with E-state index in [1.54, 1.807) is 29.8 Å². The Kier molecular flexibility index (Phi) is 3.51. The second-order valence-electron chi connectivity index (χ2n) is 4.40. The molecule has 1 aromatic carbocycles. The summed E-state index contributed by atoms with van der Waals surface area (Å²) in [4.78, 5) is 15.7. The van der Waals surface area contributed by atoms with Gasteiger partial charge in [0.15, 0.2) is 11.5 Å². The Balaban J connectivity index is 1.91. The fourth-order valence-corrected chi connectivity index (χ4v) is 1.84. The first-order valence-corrected chi connectivity index (χ1v) is 6.64. The molecule has 0 fully saturated rings. The van der Waals surface area contributed by atoms with Gasteiger partial charge in [0.05, 0.1) is 6.20 Å². The highest BCUT2D eigenvalue weighted by Crippen LogP contribution is 2.20. The van der Waals surface area contributed by atoms with E-state index in [4.69, 9.17) is 4.74 Å². The number of carbonyl (C=O) groups is 1. The van der Waals surface area contributed by atoms with Crippen LogP contribution >= 0.6 is 0 Å². The maximum Gasteiger partial charge on any atom is 0.237 e. The molecule has 2 aromatic heterocycles. The van der Waals surface area contributed by atoms with Gasteiger partial charge in [-0.2, -0.15) is 4.52 Å². The molecule has 6 nitrogen and oxygen atoms in total. The van der Waals surface area contributed by atoms with Gasteiger partial charge in [-0.1, -0.05) is 25.1 Å². The van der Waals surface area contributed by atoms with Gasteiger partial charge in [0, 0.05) is 12.5 Å². The van der Waals surface area contributed by atoms with Crippen LogP contribution in [-0.2, 0) is 4.79 Å². The SMILES string of the molecule is CCC(=O)Nc1cnc2ccc(Oc3ccccc3)nn12. The predicted octanol–water partition coefficient (Wildman–Crippen LogP) is 2.87. The van der Waals surface area contributed by atoms with Crippen molar-refractivity contribution in [2.45, 2.75) is 13.3 Å². The largest absolute Gasteiger partial charge is 0.438 e. The highest BCUT2D eigenvalue weighted by atomic mass is 16.5. The molecular weight excluding hydrogens is 268 g/mol. The van der Waals surface area contributed by atoms with Crippen LogP contribution in [0.4, 0.5) is 5.82 Å². The monoisotopic (exact) mass is 282 g/mol. The number of benzene rings is 1. The van der Waals surface area contributed by atoms with Crippen molar-refractivity contribution in [2.24, 2.45) is 0 Å². The Bertz CT molecular complexity index is 768. The van der Waals surface area contributed by atoms with Crippen molar-refractivity contribution in [2.75, 3.05) is 5.32 Å². The zero-order valence-corrected chi connectivity index (χ0v) is 11.5. The van der Waals surface area contributed by atoms with Gasteiger partial charge in [-0.3, -0.25) is 4.79 Å². The molecule has 1 amide bonds. The lowest BCUT2D eigenvalue weighted by Gasteiger charge is -2.06. The molecule has 0 aliphatic rings. The summed E-state index contributed by atoms with van der Waals surface area (Å²) >= 11 is 0. The second kappa shape index (κ2) is 5.62. The maximum atomic E-state index is 11.5. The molecule has 0 saturated carbocycles. The molecule has 106 valence electrons. The van der Waals surface area contributed by atoms with Crippen molar-refractivity contribution in [3.8, 4) is 11.6 Å². The smallest absolute Gasteiger partial charge is 0.237 e. The Labute approximate surface area is 121 Å². The minimum atomic E-state index is -0.0898. The topological polar surface area (TPSA) is 68.5 Å². The zero-order chi connectivity index (χ0) is 14.7. The van der Waals surface area contributed by atoms with E-state index in [2.05, 4.69) is 15.4 Å². The molecule has 0 atom stereocenters. The number of fused-ring (bicyclic) bond motifs is 1. The molecule has 3 aromatic rings. The van der Waals surface area contributed by atoms with Gasteiger partial charge in [-0.05, 0) is 18.2 Å². The standard InChI is InChI=1S/C15H14N4O2/c1-2-14(20)17-13-10-16-12-8-9-15(18-19(12)13)21-11-6-4-3-5-7-11/h3-10H,2H2,1H3,(H,17,20). The summed E-state index contributed by atoms with van der Waals surface area (Å²) in [6.07, 6.45) is 1.97. The second-order valence-corrected chi connectivity index (χ2v) is 4.40. The van der Waals surface area contributed by atoms with E-state index < -0.39 is 0 Å². The normalized spacial score (nSPS) is 10.5. The number of anilines is 1. The Hall–Kier alpha value is -2.89. The number of carbonyl (C=O) groups excluding carboxylic acids is 1. The third-order valence-electron chi connectivity index (χ3n) is 2.89. The molecule has 2 heterocycles. The summed E-state index contributed by atoms with van der Waals surface area (Å²) < 4.78 is 7.22. The number of para-hydroxylation sites is 1. The Morgan fingerprint density at radius 3 is 2.81 bits per heavy atom. The molecular formula is C15H14N4O2. The van der Waals surface area contributed by atoms with Gasteiger partial charge in [-0.15, -0.1) is 5.10 Å². The van der Waals surface area contributed by atoms with Crippen LogP contribution in [0, 0.1) is 0 Å². The average molecular weight is 282 g/mol. The summed E-state index contributed by atoms with van der Waals surface area (Å²) in [6.45, 7) is 1.79. The van der Waals surface area contributed by atoms with Crippen LogP contribution < -0.4 is 10.1 Å². The van der Waals surface area contributed by atoms with Gasteiger partial charge in [0.25, 0.3) is 0 Å². The molecule has 0 unspecified atom stereocenters. The number of aromatic nitrogens is 3. The first-order valence-electron chi connectivity index (χ1n) is 6.64. The number of imidazole rings is 1. The zero-order valence-electron chi connectivity index (χ0n) is 11.5. The van der Waals surface area contributed by atoms with Crippen molar-refractivity contribution in [1.82, 2.24) is 14.6 Å². The molecule has 21 heavy (non-hydrogen) atoms. The molecule has 0 bridgehead atoms. The molecule has 0 radical (unpaired) electrons. The van der Waals surface area contributed by atoms with Crippen LogP contribution in [-0.4, -0.2) is 20.5 Å². The van der Waals surface area contributed by atoms with Crippen LogP contribution in [0.25, 0.3) is 5.65 Å². The van der Waals surface area contributed by atoms with Crippen LogP contribution in [0.3, 0.4) is 0 Å². The van der Waals surface area contributed by atoms with E-state index in [0.29, 0.717) is 29.5 Å². The van der Waals surface area contributed by atoms with E-state index in [9.17, 15) is 4.79 Å². The average Bonchev–Trinajstić information content (AvgIpc) is 2.91. The number of hydrogen-bond acceptors (Lipinski definition) is 4. The van der Waals surface area contributed by atoms with Crippen LogP contribution in [0.1, 0.15) is 13.3 Å². The molecule has 0 saturated heterocycles. The fourth-order valence-electron chi connectivity index (χ4n) is 1.84.